The Balaban J connectivity index is 4.59. The number of amides is 1. The van der Waals surface area contributed by atoms with E-state index in [0.717, 1.165) is 0 Å². The zero-order valence-corrected chi connectivity index (χ0v) is 8.63. The third-order valence-corrected chi connectivity index (χ3v) is 1.78. The number of methoxy groups -OCH3 is 1. The highest BCUT2D eigenvalue weighted by atomic mass is 19.3. The Bertz CT molecular complexity index is 225. The summed E-state index contributed by atoms with van der Waals surface area (Å²) in [7, 11) is 1.27. The van der Waals surface area contributed by atoms with Gasteiger partial charge in [-0.3, -0.25) is 4.79 Å². The average Bonchev–Trinajstić information content (AvgIpc) is 2.22. The van der Waals surface area contributed by atoms with Gasteiger partial charge < -0.3 is 14.7 Å². The third kappa shape index (κ3) is 3.93. The van der Waals surface area contributed by atoms with Gasteiger partial charge in [-0.15, -0.1) is 0 Å². The molecule has 0 radical (unpaired) electrons. The highest BCUT2D eigenvalue weighted by Gasteiger charge is 2.50. The van der Waals surface area contributed by atoms with Gasteiger partial charge in [-0.1, -0.05) is 0 Å². The summed E-state index contributed by atoms with van der Waals surface area (Å²) in [6.45, 7) is -1.39. The molecule has 16 heavy (non-hydrogen) atoms. The summed E-state index contributed by atoms with van der Waals surface area (Å²) in [6, 6.07) is 0. The van der Waals surface area contributed by atoms with Crippen LogP contribution in [0.25, 0.3) is 0 Å². The predicted molar refractivity (Wildman–Crippen MR) is 46.5 cm³/mol. The molecule has 8 heteroatoms. The summed E-state index contributed by atoms with van der Waals surface area (Å²) >= 11 is 0. The van der Waals surface area contributed by atoms with Gasteiger partial charge in [-0.05, 0) is 0 Å². The summed E-state index contributed by atoms with van der Waals surface area (Å²) in [6.07, 6.45) is -4.07. The van der Waals surface area contributed by atoms with Crippen molar-refractivity contribution in [3.63, 3.8) is 0 Å². The summed E-state index contributed by atoms with van der Waals surface area (Å²) < 4.78 is 53.7. The molecular weight excluding hydrogens is 234 g/mol. The summed E-state index contributed by atoms with van der Waals surface area (Å²) in [5.74, 6) is -6.74. The molecule has 0 saturated carbocycles. The van der Waals surface area contributed by atoms with Crippen molar-refractivity contribution < 1.29 is 32.2 Å². The Kier molecular flexibility index (Phi) is 6.27. The standard InChI is InChI=1S/C8H13F4NO3/c1-16-5-3-13(2-4-14)7(15)8(11,12)6(9)10/h6,14H,2-5H2,1H3. The largest absolute Gasteiger partial charge is 0.395 e. The van der Waals surface area contributed by atoms with E-state index in [1.165, 1.54) is 7.11 Å². The number of ether oxygens (including phenoxy) is 1. The fraction of sp³-hybridized carbons (Fsp3) is 0.875. The Morgan fingerprint density at radius 3 is 2.38 bits per heavy atom. The van der Waals surface area contributed by atoms with Gasteiger partial charge in [0, 0.05) is 20.2 Å². The molecule has 0 rings (SSSR count). The van der Waals surface area contributed by atoms with Gasteiger partial charge in [0.15, 0.2) is 0 Å². The molecule has 96 valence electrons. The summed E-state index contributed by atoms with van der Waals surface area (Å²) in [5, 5.41) is 8.52. The molecule has 0 aliphatic rings. The van der Waals surface area contributed by atoms with Crippen molar-refractivity contribution in [1.29, 1.82) is 0 Å². The van der Waals surface area contributed by atoms with Crippen molar-refractivity contribution >= 4 is 5.91 Å². The van der Waals surface area contributed by atoms with Gasteiger partial charge in [0.1, 0.15) is 0 Å². The molecule has 0 aromatic rings. The quantitative estimate of drug-likeness (QED) is 0.660. The van der Waals surface area contributed by atoms with Crippen molar-refractivity contribution in [2.75, 3.05) is 33.4 Å². The Hall–Kier alpha value is -0.890. The molecule has 1 N–H and O–H groups in total. The Morgan fingerprint density at radius 1 is 1.44 bits per heavy atom. The van der Waals surface area contributed by atoms with E-state index in [2.05, 4.69) is 4.74 Å². The van der Waals surface area contributed by atoms with Crippen molar-refractivity contribution in [3.05, 3.63) is 0 Å². The number of alkyl halides is 4. The van der Waals surface area contributed by atoms with Crippen LogP contribution in [-0.4, -0.2) is 61.7 Å². The van der Waals surface area contributed by atoms with E-state index in [0.29, 0.717) is 4.90 Å². The molecule has 0 aliphatic carbocycles. The number of aliphatic hydroxyl groups is 1. The lowest BCUT2D eigenvalue weighted by molar-refractivity contribution is -0.181. The van der Waals surface area contributed by atoms with Gasteiger partial charge in [0.05, 0.1) is 13.2 Å². The number of hydrogen-bond acceptors (Lipinski definition) is 3. The molecule has 0 fully saturated rings. The minimum absolute atomic E-state index is 0.0783. The molecule has 0 saturated heterocycles. The van der Waals surface area contributed by atoms with Crippen LogP contribution >= 0.6 is 0 Å². The fourth-order valence-corrected chi connectivity index (χ4v) is 0.941. The van der Waals surface area contributed by atoms with Crippen LogP contribution in [0.15, 0.2) is 0 Å². The maximum absolute atomic E-state index is 12.7. The maximum atomic E-state index is 12.7. The number of hydrogen-bond donors (Lipinski definition) is 1. The number of nitrogens with zero attached hydrogens (tertiary/aromatic N) is 1. The van der Waals surface area contributed by atoms with Gasteiger partial charge in [-0.25, -0.2) is 8.78 Å². The van der Waals surface area contributed by atoms with Crippen LogP contribution in [0.1, 0.15) is 0 Å². The average molecular weight is 247 g/mol. The van der Waals surface area contributed by atoms with Crippen LogP contribution in [0.2, 0.25) is 0 Å². The molecule has 0 aliphatic heterocycles. The van der Waals surface area contributed by atoms with Gasteiger partial charge in [0.2, 0.25) is 0 Å². The smallest absolute Gasteiger partial charge is 0.383 e. The molecule has 1 amide bonds. The van der Waals surface area contributed by atoms with E-state index in [4.69, 9.17) is 5.11 Å². The second-order valence-electron chi connectivity index (χ2n) is 2.93. The number of carbonyl (C=O) groups is 1. The lowest BCUT2D eigenvalue weighted by atomic mass is 10.3. The molecule has 0 heterocycles. The minimum atomic E-state index is -4.73. The third-order valence-electron chi connectivity index (χ3n) is 1.78. The zero-order valence-electron chi connectivity index (χ0n) is 8.63. The molecule has 0 unspecified atom stereocenters. The maximum Gasteiger partial charge on any atom is 0.383 e. The fourth-order valence-electron chi connectivity index (χ4n) is 0.941. The van der Waals surface area contributed by atoms with E-state index in [1.54, 1.807) is 0 Å². The number of halogens is 4. The summed E-state index contributed by atoms with van der Waals surface area (Å²) in [5.41, 5.74) is 0. The highest BCUT2D eigenvalue weighted by molar-refractivity contribution is 5.84. The van der Waals surface area contributed by atoms with Gasteiger partial charge >= 0.3 is 12.3 Å². The van der Waals surface area contributed by atoms with E-state index in [1.807, 2.05) is 0 Å². The monoisotopic (exact) mass is 247 g/mol. The van der Waals surface area contributed by atoms with Crippen LogP contribution in [0, 0.1) is 0 Å². The first-order chi connectivity index (χ1) is 7.37. The van der Waals surface area contributed by atoms with E-state index >= 15 is 0 Å². The molecule has 0 atom stereocenters. The molecule has 0 aromatic heterocycles. The molecule has 0 aromatic carbocycles. The lowest BCUT2D eigenvalue weighted by Gasteiger charge is -2.25. The number of carbonyl (C=O) groups excluding carboxylic acids is 1. The first-order valence-corrected chi connectivity index (χ1v) is 4.43. The van der Waals surface area contributed by atoms with Crippen LogP contribution < -0.4 is 0 Å². The van der Waals surface area contributed by atoms with E-state index in [9.17, 15) is 22.4 Å². The molecule has 4 nitrogen and oxygen atoms in total. The molecular formula is C8H13F4NO3. The minimum Gasteiger partial charge on any atom is -0.395 e. The summed E-state index contributed by atoms with van der Waals surface area (Å²) in [4.78, 5) is 11.5. The van der Waals surface area contributed by atoms with Crippen LogP contribution in [0.4, 0.5) is 17.6 Å². The van der Waals surface area contributed by atoms with E-state index in [-0.39, 0.29) is 13.2 Å². The first kappa shape index (κ1) is 15.1. The van der Waals surface area contributed by atoms with E-state index < -0.39 is 31.4 Å². The van der Waals surface area contributed by atoms with Crippen molar-refractivity contribution in [3.8, 4) is 0 Å². The van der Waals surface area contributed by atoms with Crippen LogP contribution in [-0.2, 0) is 9.53 Å². The van der Waals surface area contributed by atoms with Crippen molar-refractivity contribution in [2.45, 2.75) is 12.3 Å². The van der Waals surface area contributed by atoms with Crippen molar-refractivity contribution in [2.24, 2.45) is 0 Å². The van der Waals surface area contributed by atoms with Crippen molar-refractivity contribution in [1.82, 2.24) is 4.90 Å². The molecule has 0 spiro atoms. The number of rotatable bonds is 7. The zero-order chi connectivity index (χ0) is 12.8. The van der Waals surface area contributed by atoms with Crippen LogP contribution in [0.3, 0.4) is 0 Å². The second-order valence-corrected chi connectivity index (χ2v) is 2.93. The topological polar surface area (TPSA) is 49.8 Å². The lowest BCUT2D eigenvalue weighted by Crippen LogP contribution is -2.49. The van der Waals surface area contributed by atoms with Gasteiger partial charge in [0.25, 0.3) is 5.91 Å². The van der Waals surface area contributed by atoms with Crippen LogP contribution in [0.5, 0.6) is 0 Å². The highest BCUT2D eigenvalue weighted by Crippen LogP contribution is 2.25. The Morgan fingerprint density at radius 2 is 2.00 bits per heavy atom. The Labute approximate surface area is 89.8 Å². The number of aliphatic hydroxyl groups excluding tert-OH is 1. The first-order valence-electron chi connectivity index (χ1n) is 4.43. The molecule has 0 bridgehead atoms. The van der Waals surface area contributed by atoms with Gasteiger partial charge in [-0.2, -0.15) is 8.78 Å². The normalized spacial score (nSPS) is 11.9. The SMILES string of the molecule is COCCN(CCO)C(=O)C(F)(F)C(F)F. The second kappa shape index (κ2) is 6.64. The predicted octanol–water partition coefficient (Wildman–Crippen LogP) is 0.354.